The third kappa shape index (κ3) is 5.15. The third-order valence-corrected chi connectivity index (χ3v) is 7.78. The third-order valence-electron chi connectivity index (χ3n) is 7.19. The number of aryl methyl sites for hydroxylation is 2. The number of carbonyl (C=O) groups excluding carboxylic acids is 1. The summed E-state index contributed by atoms with van der Waals surface area (Å²) in [6.45, 7) is 9.45. The van der Waals surface area contributed by atoms with Crippen LogP contribution in [0.5, 0.6) is 0 Å². The first-order valence-corrected chi connectivity index (χ1v) is 14.6. The quantitative estimate of drug-likeness (QED) is 0.544. The molecule has 0 saturated carbocycles. The van der Waals surface area contributed by atoms with Gasteiger partial charge in [-0.05, 0) is 52.2 Å². The fourth-order valence-corrected chi connectivity index (χ4v) is 5.85. The largest absolute Gasteiger partial charge is 0.378 e. The van der Waals surface area contributed by atoms with E-state index >= 15 is 0 Å². The fraction of sp³-hybridized carbons (Fsp3) is 0.500. The van der Waals surface area contributed by atoms with Crippen molar-refractivity contribution in [1.29, 1.82) is 0 Å². The van der Waals surface area contributed by atoms with Crippen molar-refractivity contribution < 1.29 is 17.9 Å². The average molecular weight is 527 g/mol. The van der Waals surface area contributed by atoms with Crippen LogP contribution < -0.4 is 9.62 Å². The molecule has 2 saturated heterocycles. The van der Waals surface area contributed by atoms with Gasteiger partial charge in [0.05, 0.1) is 42.5 Å². The summed E-state index contributed by atoms with van der Waals surface area (Å²) in [5.41, 5.74) is 5.11. The number of nitrogens with zero attached hydrogens (tertiary/aromatic N) is 5. The SMILES string of the molecule is Cc1ccc(NS(C)(=O)=O)c(C(=O)N2CCCC[C@H]2c2cc3nc(C)c(C)c(N4CCOCC4)n3n2)c1. The van der Waals surface area contributed by atoms with Crippen molar-refractivity contribution in [3.8, 4) is 0 Å². The van der Waals surface area contributed by atoms with Crippen molar-refractivity contribution in [3.63, 3.8) is 0 Å². The lowest BCUT2D eigenvalue weighted by Gasteiger charge is -2.35. The maximum absolute atomic E-state index is 13.9. The monoisotopic (exact) mass is 526 g/mol. The van der Waals surface area contributed by atoms with Crippen LogP contribution in [0.25, 0.3) is 5.65 Å². The zero-order valence-electron chi connectivity index (χ0n) is 21.8. The highest BCUT2D eigenvalue weighted by Gasteiger charge is 2.33. The van der Waals surface area contributed by atoms with Gasteiger partial charge in [-0.25, -0.2) is 13.4 Å². The van der Waals surface area contributed by atoms with Gasteiger partial charge in [-0.15, -0.1) is 0 Å². The van der Waals surface area contributed by atoms with Crippen molar-refractivity contribution in [1.82, 2.24) is 19.5 Å². The molecule has 0 radical (unpaired) electrons. The van der Waals surface area contributed by atoms with Crippen molar-refractivity contribution in [2.45, 2.75) is 46.1 Å². The van der Waals surface area contributed by atoms with E-state index in [9.17, 15) is 13.2 Å². The molecule has 10 nitrogen and oxygen atoms in total. The van der Waals surface area contributed by atoms with Gasteiger partial charge in [0, 0.05) is 37.0 Å². The van der Waals surface area contributed by atoms with E-state index in [4.69, 9.17) is 14.8 Å². The predicted molar refractivity (Wildman–Crippen MR) is 143 cm³/mol. The maximum atomic E-state index is 13.9. The van der Waals surface area contributed by atoms with Crippen LogP contribution in [0.4, 0.5) is 11.5 Å². The summed E-state index contributed by atoms with van der Waals surface area (Å²) < 4.78 is 33.9. The summed E-state index contributed by atoms with van der Waals surface area (Å²) in [6.07, 6.45) is 3.73. The minimum atomic E-state index is -3.54. The Hall–Kier alpha value is -3.18. The van der Waals surface area contributed by atoms with Gasteiger partial charge in [-0.3, -0.25) is 9.52 Å². The molecule has 0 spiro atoms. The lowest BCUT2D eigenvalue weighted by atomic mass is 9.97. The Morgan fingerprint density at radius 1 is 1.08 bits per heavy atom. The van der Waals surface area contributed by atoms with E-state index in [1.54, 1.807) is 18.2 Å². The van der Waals surface area contributed by atoms with Gasteiger partial charge in [0.25, 0.3) is 5.91 Å². The highest BCUT2D eigenvalue weighted by atomic mass is 32.2. The number of piperidine rings is 1. The molecule has 0 aliphatic carbocycles. The van der Waals surface area contributed by atoms with Gasteiger partial charge in [0.2, 0.25) is 10.0 Å². The summed E-state index contributed by atoms with van der Waals surface area (Å²) in [5, 5.41) is 5.01. The number of carbonyl (C=O) groups is 1. The smallest absolute Gasteiger partial charge is 0.256 e. The molecular weight excluding hydrogens is 492 g/mol. The number of hydrogen-bond acceptors (Lipinski definition) is 7. The van der Waals surface area contributed by atoms with E-state index < -0.39 is 10.0 Å². The number of ether oxygens (including phenoxy) is 1. The number of amides is 1. The standard InChI is InChI=1S/C26H34N6O4S/c1-17-8-9-21(29-37(4,34)35)20(15-17)26(33)31-10-6-5-7-23(31)22-16-24-27-19(3)18(2)25(32(24)28-22)30-11-13-36-14-12-30/h8-9,15-16,23,29H,5-7,10-14H2,1-4H3/t23-/m0/s1. The molecule has 2 fully saturated rings. The zero-order valence-corrected chi connectivity index (χ0v) is 22.6. The topological polar surface area (TPSA) is 109 Å². The number of rotatable bonds is 5. The molecule has 1 aromatic carbocycles. The molecule has 2 aliphatic rings. The van der Waals surface area contributed by atoms with Crippen LogP contribution in [0.15, 0.2) is 24.3 Å². The van der Waals surface area contributed by atoms with Crippen LogP contribution in [0, 0.1) is 20.8 Å². The van der Waals surface area contributed by atoms with Crippen molar-refractivity contribution in [2.24, 2.45) is 0 Å². The van der Waals surface area contributed by atoms with E-state index in [1.165, 1.54) is 0 Å². The highest BCUT2D eigenvalue weighted by Crippen LogP contribution is 2.35. The number of fused-ring (bicyclic) bond motifs is 1. The van der Waals surface area contributed by atoms with Crippen molar-refractivity contribution in [2.75, 3.05) is 48.7 Å². The Balaban J connectivity index is 1.55. The molecule has 0 bridgehead atoms. The molecule has 11 heteroatoms. The van der Waals surface area contributed by atoms with E-state index in [2.05, 4.69) is 16.5 Å². The van der Waals surface area contributed by atoms with Gasteiger partial charge < -0.3 is 14.5 Å². The Bertz CT molecular complexity index is 1450. The summed E-state index contributed by atoms with van der Waals surface area (Å²) in [5.74, 6) is 0.814. The second-order valence-electron chi connectivity index (χ2n) is 10.0. The van der Waals surface area contributed by atoms with Crippen LogP contribution >= 0.6 is 0 Å². The van der Waals surface area contributed by atoms with Crippen LogP contribution in [0.1, 0.15) is 58.2 Å². The molecule has 2 aliphatic heterocycles. The molecule has 4 heterocycles. The van der Waals surface area contributed by atoms with Crippen LogP contribution in [0.2, 0.25) is 0 Å². The highest BCUT2D eigenvalue weighted by molar-refractivity contribution is 7.92. The number of aromatic nitrogens is 3. The first-order chi connectivity index (χ1) is 17.6. The molecule has 2 aromatic heterocycles. The zero-order chi connectivity index (χ0) is 26.3. The summed E-state index contributed by atoms with van der Waals surface area (Å²) in [6, 6.07) is 6.95. The number of anilines is 2. The van der Waals surface area contributed by atoms with Gasteiger partial charge in [-0.2, -0.15) is 9.61 Å². The van der Waals surface area contributed by atoms with Crippen LogP contribution in [-0.4, -0.2) is 72.9 Å². The molecular formula is C26H34N6O4S. The summed E-state index contributed by atoms with van der Waals surface area (Å²) in [4.78, 5) is 22.8. The Kier molecular flexibility index (Phi) is 6.84. The number of sulfonamides is 1. The van der Waals surface area contributed by atoms with E-state index in [0.717, 1.165) is 72.6 Å². The van der Waals surface area contributed by atoms with E-state index in [-0.39, 0.29) is 11.9 Å². The number of hydrogen-bond donors (Lipinski definition) is 1. The Morgan fingerprint density at radius 2 is 1.84 bits per heavy atom. The molecule has 5 rings (SSSR count). The minimum Gasteiger partial charge on any atom is -0.378 e. The normalized spacial score (nSPS) is 18.9. The molecule has 198 valence electrons. The first kappa shape index (κ1) is 25.5. The summed E-state index contributed by atoms with van der Waals surface area (Å²) in [7, 11) is -3.54. The van der Waals surface area contributed by atoms with Gasteiger partial charge >= 0.3 is 0 Å². The maximum Gasteiger partial charge on any atom is 0.256 e. The van der Waals surface area contributed by atoms with Gasteiger partial charge in [0.15, 0.2) is 5.65 Å². The number of morpholine rings is 1. The van der Waals surface area contributed by atoms with Gasteiger partial charge in [0.1, 0.15) is 5.82 Å². The van der Waals surface area contributed by atoms with E-state index in [0.29, 0.717) is 31.0 Å². The second kappa shape index (κ2) is 9.94. The lowest BCUT2D eigenvalue weighted by molar-refractivity contribution is 0.0606. The van der Waals surface area contributed by atoms with Crippen LogP contribution in [0.3, 0.4) is 0 Å². The Labute approximate surface area is 217 Å². The first-order valence-electron chi connectivity index (χ1n) is 12.7. The van der Waals surface area contributed by atoms with E-state index in [1.807, 2.05) is 29.3 Å². The molecule has 37 heavy (non-hydrogen) atoms. The molecule has 0 unspecified atom stereocenters. The predicted octanol–water partition coefficient (Wildman–Crippen LogP) is 3.23. The van der Waals surface area contributed by atoms with Crippen LogP contribution in [-0.2, 0) is 14.8 Å². The number of likely N-dealkylation sites (tertiary alicyclic amines) is 1. The Morgan fingerprint density at radius 3 is 2.57 bits per heavy atom. The average Bonchev–Trinajstić information content (AvgIpc) is 3.28. The second-order valence-corrected chi connectivity index (χ2v) is 11.8. The minimum absolute atomic E-state index is 0.203. The lowest BCUT2D eigenvalue weighted by Crippen LogP contribution is -2.39. The number of benzene rings is 1. The van der Waals surface area contributed by atoms with Gasteiger partial charge in [-0.1, -0.05) is 11.6 Å². The fourth-order valence-electron chi connectivity index (χ4n) is 5.27. The molecule has 1 amide bonds. The van der Waals surface area contributed by atoms with Crippen molar-refractivity contribution in [3.05, 3.63) is 52.3 Å². The summed E-state index contributed by atoms with van der Waals surface area (Å²) >= 11 is 0. The molecule has 1 atom stereocenters. The molecule has 1 N–H and O–H groups in total. The number of nitrogens with one attached hydrogen (secondary N) is 1. The molecule has 3 aromatic rings. The van der Waals surface area contributed by atoms with Crippen molar-refractivity contribution >= 4 is 33.1 Å².